The number of carbonyl (C=O) groups is 1. The van der Waals surface area contributed by atoms with Crippen molar-refractivity contribution >= 4 is 11.6 Å². The molecule has 1 saturated carbocycles. The lowest BCUT2D eigenvalue weighted by Gasteiger charge is -2.30. The van der Waals surface area contributed by atoms with E-state index in [1.165, 1.54) is 11.0 Å². The highest BCUT2D eigenvalue weighted by molar-refractivity contribution is 5.99. The minimum Gasteiger partial charge on any atom is -0.308 e. The minimum absolute atomic E-state index is 0.161. The number of benzene rings is 1. The van der Waals surface area contributed by atoms with E-state index in [0.717, 1.165) is 0 Å². The summed E-state index contributed by atoms with van der Waals surface area (Å²) in [6, 6.07) is 5.77. The van der Waals surface area contributed by atoms with E-state index in [4.69, 9.17) is 0 Å². The van der Waals surface area contributed by atoms with Crippen molar-refractivity contribution in [1.29, 1.82) is 0 Å². The first-order valence-corrected chi connectivity index (χ1v) is 8.72. The Balaban J connectivity index is 1.49. The van der Waals surface area contributed by atoms with E-state index in [9.17, 15) is 22.4 Å². The number of hydrogen-bond acceptors (Lipinski definition) is 2. The zero-order valence-corrected chi connectivity index (χ0v) is 13.9. The van der Waals surface area contributed by atoms with Crippen molar-refractivity contribution in [3.63, 3.8) is 0 Å². The molecule has 1 aromatic rings. The fourth-order valence-corrected chi connectivity index (χ4v) is 3.78. The van der Waals surface area contributed by atoms with Crippen molar-refractivity contribution in [1.82, 2.24) is 5.32 Å². The van der Waals surface area contributed by atoms with Crippen molar-refractivity contribution in [2.45, 2.75) is 44.3 Å². The fraction of sp³-hybridized carbons (Fsp3) is 0.611. The molecule has 1 unspecified atom stereocenters. The van der Waals surface area contributed by atoms with Crippen molar-refractivity contribution < 1.29 is 22.4 Å². The standard InChI is InChI=1S/C18H22F4N2O/c19-14-3-1-2-4-16(14)24-10-9-15(17(24)25)23-11-12-5-7-13(8-6-12)18(20,21)22/h1-4,12-13,15,23H,5-11H2. The summed E-state index contributed by atoms with van der Waals surface area (Å²) in [5.74, 6) is -1.63. The molecule has 0 aromatic heterocycles. The lowest BCUT2D eigenvalue weighted by molar-refractivity contribution is -0.183. The Kier molecular flexibility index (Phi) is 5.32. The van der Waals surface area contributed by atoms with Gasteiger partial charge in [0.25, 0.3) is 0 Å². The van der Waals surface area contributed by atoms with Gasteiger partial charge in [-0.3, -0.25) is 4.79 Å². The summed E-state index contributed by atoms with van der Waals surface area (Å²) in [4.78, 5) is 13.9. The summed E-state index contributed by atoms with van der Waals surface area (Å²) in [6.45, 7) is 0.977. The number of para-hydroxylation sites is 1. The first-order chi connectivity index (χ1) is 11.9. The van der Waals surface area contributed by atoms with Gasteiger partial charge in [0.15, 0.2) is 0 Å². The maximum absolute atomic E-state index is 13.8. The molecule has 7 heteroatoms. The highest BCUT2D eigenvalue weighted by atomic mass is 19.4. The number of anilines is 1. The van der Waals surface area contributed by atoms with E-state index in [-0.39, 0.29) is 36.4 Å². The molecule has 3 nitrogen and oxygen atoms in total. The molecule has 1 N–H and O–H groups in total. The second-order valence-electron chi connectivity index (χ2n) is 6.95. The molecule has 1 aliphatic heterocycles. The van der Waals surface area contributed by atoms with E-state index < -0.39 is 17.9 Å². The van der Waals surface area contributed by atoms with Crippen LogP contribution < -0.4 is 10.2 Å². The zero-order valence-electron chi connectivity index (χ0n) is 13.9. The van der Waals surface area contributed by atoms with Crippen LogP contribution in [-0.2, 0) is 4.79 Å². The minimum atomic E-state index is -4.10. The van der Waals surface area contributed by atoms with Crippen LogP contribution in [0.15, 0.2) is 24.3 Å². The number of carbonyl (C=O) groups excluding carboxylic acids is 1. The molecule has 0 radical (unpaired) electrons. The summed E-state index contributed by atoms with van der Waals surface area (Å²) in [5, 5.41) is 3.18. The van der Waals surface area contributed by atoms with Gasteiger partial charge in [0, 0.05) is 6.54 Å². The lowest BCUT2D eigenvalue weighted by atomic mass is 9.81. The van der Waals surface area contributed by atoms with Crippen molar-refractivity contribution in [3.8, 4) is 0 Å². The SMILES string of the molecule is O=C1C(NCC2CCC(C(F)(F)F)CC2)CCN1c1ccccc1F. The van der Waals surface area contributed by atoms with Crippen LogP contribution in [0.4, 0.5) is 23.2 Å². The van der Waals surface area contributed by atoms with Gasteiger partial charge in [0.2, 0.25) is 5.91 Å². The van der Waals surface area contributed by atoms with Gasteiger partial charge >= 0.3 is 6.18 Å². The largest absolute Gasteiger partial charge is 0.391 e. The molecule has 2 aliphatic rings. The Morgan fingerprint density at radius 2 is 1.76 bits per heavy atom. The van der Waals surface area contributed by atoms with Crippen LogP contribution >= 0.6 is 0 Å². The molecule has 0 bridgehead atoms. The highest BCUT2D eigenvalue weighted by Gasteiger charge is 2.41. The lowest BCUT2D eigenvalue weighted by Crippen LogP contribution is -2.41. The number of hydrogen-bond donors (Lipinski definition) is 1. The predicted molar refractivity (Wildman–Crippen MR) is 86.7 cm³/mol. The van der Waals surface area contributed by atoms with Crippen LogP contribution in [0.1, 0.15) is 32.1 Å². The van der Waals surface area contributed by atoms with Gasteiger partial charge < -0.3 is 10.2 Å². The predicted octanol–water partition coefficient (Wildman–Crippen LogP) is 3.89. The van der Waals surface area contributed by atoms with E-state index in [1.54, 1.807) is 18.2 Å². The van der Waals surface area contributed by atoms with E-state index in [2.05, 4.69) is 5.32 Å². The highest BCUT2D eigenvalue weighted by Crippen LogP contribution is 2.39. The van der Waals surface area contributed by atoms with E-state index in [1.807, 2.05) is 0 Å². The third-order valence-corrected chi connectivity index (χ3v) is 5.31. The molecule has 2 fully saturated rings. The van der Waals surface area contributed by atoms with Crippen molar-refractivity contribution in [2.75, 3.05) is 18.0 Å². The van der Waals surface area contributed by atoms with Crippen LogP contribution in [0, 0.1) is 17.7 Å². The van der Waals surface area contributed by atoms with E-state index in [0.29, 0.717) is 32.4 Å². The molecule has 0 spiro atoms. The van der Waals surface area contributed by atoms with Crippen LogP contribution in [0.2, 0.25) is 0 Å². The normalized spacial score (nSPS) is 27.8. The van der Waals surface area contributed by atoms with Crippen LogP contribution in [0.25, 0.3) is 0 Å². The molecule has 25 heavy (non-hydrogen) atoms. The molecule has 1 saturated heterocycles. The Morgan fingerprint density at radius 3 is 2.40 bits per heavy atom. The van der Waals surface area contributed by atoms with Gasteiger partial charge in [-0.1, -0.05) is 12.1 Å². The molecule has 3 rings (SSSR count). The van der Waals surface area contributed by atoms with Gasteiger partial charge in [-0.15, -0.1) is 0 Å². The molecule has 1 heterocycles. The Labute approximate surface area is 144 Å². The molecule has 1 aromatic carbocycles. The Hall–Kier alpha value is -1.63. The van der Waals surface area contributed by atoms with Gasteiger partial charge in [0.1, 0.15) is 5.82 Å². The number of halogens is 4. The van der Waals surface area contributed by atoms with Crippen LogP contribution in [-0.4, -0.2) is 31.2 Å². The number of rotatable bonds is 4. The molecule has 1 aliphatic carbocycles. The fourth-order valence-electron chi connectivity index (χ4n) is 3.78. The number of nitrogens with zero attached hydrogens (tertiary/aromatic N) is 1. The third-order valence-electron chi connectivity index (χ3n) is 5.31. The first kappa shape index (κ1) is 18.2. The van der Waals surface area contributed by atoms with Gasteiger partial charge in [0.05, 0.1) is 17.6 Å². The summed E-state index contributed by atoms with van der Waals surface area (Å²) < 4.78 is 51.9. The average Bonchev–Trinajstić information content (AvgIpc) is 2.94. The first-order valence-electron chi connectivity index (χ1n) is 8.72. The second kappa shape index (κ2) is 7.32. The average molecular weight is 358 g/mol. The van der Waals surface area contributed by atoms with Crippen LogP contribution in [0.3, 0.4) is 0 Å². The van der Waals surface area contributed by atoms with Gasteiger partial charge in [-0.05, 0) is 56.7 Å². The monoisotopic (exact) mass is 358 g/mol. The van der Waals surface area contributed by atoms with Gasteiger partial charge in [-0.25, -0.2) is 4.39 Å². The molecule has 1 atom stereocenters. The Bertz CT molecular complexity index is 611. The molecule has 138 valence electrons. The van der Waals surface area contributed by atoms with Crippen molar-refractivity contribution in [2.24, 2.45) is 11.8 Å². The third kappa shape index (κ3) is 4.14. The maximum Gasteiger partial charge on any atom is 0.391 e. The zero-order chi connectivity index (χ0) is 18.0. The molecular weight excluding hydrogens is 336 g/mol. The van der Waals surface area contributed by atoms with E-state index >= 15 is 0 Å². The van der Waals surface area contributed by atoms with Gasteiger partial charge in [-0.2, -0.15) is 13.2 Å². The number of nitrogens with one attached hydrogen (secondary N) is 1. The topological polar surface area (TPSA) is 32.3 Å². The number of amides is 1. The number of alkyl halides is 3. The maximum atomic E-state index is 13.8. The summed E-state index contributed by atoms with van der Waals surface area (Å²) in [6.07, 6.45) is -2.15. The summed E-state index contributed by atoms with van der Waals surface area (Å²) in [5.41, 5.74) is 0.280. The summed E-state index contributed by atoms with van der Waals surface area (Å²) in [7, 11) is 0. The summed E-state index contributed by atoms with van der Waals surface area (Å²) >= 11 is 0. The Morgan fingerprint density at radius 1 is 1.08 bits per heavy atom. The second-order valence-corrected chi connectivity index (χ2v) is 6.95. The molecular formula is C18H22F4N2O. The molecule has 1 amide bonds. The smallest absolute Gasteiger partial charge is 0.308 e. The van der Waals surface area contributed by atoms with Crippen LogP contribution in [0.5, 0.6) is 0 Å². The quantitative estimate of drug-likeness (QED) is 0.829. The van der Waals surface area contributed by atoms with Crippen molar-refractivity contribution in [3.05, 3.63) is 30.1 Å².